The number of nitrogens with one attached hydrogen (secondary N) is 1. The van der Waals surface area contributed by atoms with Gasteiger partial charge in [0.25, 0.3) is 0 Å². The molecule has 1 fully saturated rings. The molecule has 0 aromatic carbocycles. The van der Waals surface area contributed by atoms with Gasteiger partial charge in [-0.2, -0.15) is 0 Å². The topological polar surface area (TPSA) is 73.9 Å². The van der Waals surface area contributed by atoms with Gasteiger partial charge in [-0.1, -0.05) is 113 Å². The summed E-state index contributed by atoms with van der Waals surface area (Å²) < 4.78 is 16.8. The Hall–Kier alpha value is -0.440. The lowest BCUT2D eigenvalue weighted by Crippen LogP contribution is -2.56. The first-order valence-corrected chi connectivity index (χ1v) is 16.7. The first-order valence-electron chi connectivity index (χ1n) is 14.2. The highest BCUT2D eigenvalue weighted by Gasteiger charge is 2.45. The van der Waals surface area contributed by atoms with Crippen molar-refractivity contribution in [1.82, 2.24) is 5.32 Å². The Balaban J connectivity index is 1.90. The van der Waals surface area contributed by atoms with E-state index in [-0.39, 0.29) is 24.8 Å². The van der Waals surface area contributed by atoms with Gasteiger partial charge in [-0.3, -0.25) is 9.59 Å². The van der Waals surface area contributed by atoms with Gasteiger partial charge in [0, 0.05) is 23.5 Å². The van der Waals surface area contributed by atoms with Crippen molar-refractivity contribution in [2.75, 3.05) is 31.3 Å². The molecule has 1 amide bonds. The molecule has 0 bridgehead atoms. The summed E-state index contributed by atoms with van der Waals surface area (Å²) in [7, 11) is 3.63. The van der Waals surface area contributed by atoms with Gasteiger partial charge in [0.1, 0.15) is 12.7 Å². The van der Waals surface area contributed by atoms with E-state index in [1.54, 1.807) is 24.6 Å². The summed E-state index contributed by atoms with van der Waals surface area (Å²) in [4.78, 5) is 24.5. The van der Waals surface area contributed by atoms with Crippen LogP contribution in [-0.2, 0) is 23.8 Å². The number of carbonyl (C=O) groups is 2. The fourth-order valence-electron chi connectivity index (χ4n) is 4.08. The van der Waals surface area contributed by atoms with Gasteiger partial charge in [-0.05, 0) is 20.3 Å². The molecule has 212 valence electrons. The van der Waals surface area contributed by atoms with Crippen LogP contribution in [0.15, 0.2) is 0 Å². The summed E-state index contributed by atoms with van der Waals surface area (Å²) in [5.74, 6) is 0.659. The lowest BCUT2D eigenvalue weighted by molar-refractivity contribution is -0.304. The van der Waals surface area contributed by atoms with E-state index in [1.165, 1.54) is 77.0 Å². The standard InChI is InChI=1S/C28H53NO5S2/c1-6-7-8-9-10-11-12-13-14-15-16-17-21-35-36-22-20-32-24(30)18-19-29-26(31)25-27(2,3)23-33-28(4,5)34-25/h25H,6-23H2,1-5H3,(H,29,31)/t25-/m0/s1. The van der Waals surface area contributed by atoms with Crippen LogP contribution in [0.4, 0.5) is 0 Å². The Morgan fingerprint density at radius 3 is 2.03 bits per heavy atom. The molecule has 1 aliphatic heterocycles. The fraction of sp³-hybridized carbons (Fsp3) is 0.929. The third-order valence-corrected chi connectivity index (χ3v) is 8.82. The van der Waals surface area contributed by atoms with Crippen molar-refractivity contribution in [1.29, 1.82) is 0 Å². The van der Waals surface area contributed by atoms with Crippen LogP contribution in [0.25, 0.3) is 0 Å². The molecule has 0 aromatic rings. The fourth-order valence-corrected chi connectivity index (χ4v) is 6.06. The first kappa shape index (κ1) is 33.6. The van der Waals surface area contributed by atoms with E-state index < -0.39 is 17.3 Å². The number of ether oxygens (including phenoxy) is 3. The van der Waals surface area contributed by atoms with E-state index in [2.05, 4.69) is 12.2 Å². The number of rotatable bonds is 21. The number of hydrogen-bond donors (Lipinski definition) is 1. The van der Waals surface area contributed by atoms with Gasteiger partial charge in [-0.25, -0.2) is 0 Å². The maximum atomic E-state index is 12.6. The third-order valence-electron chi connectivity index (χ3n) is 6.36. The minimum absolute atomic E-state index is 0.162. The van der Waals surface area contributed by atoms with Crippen LogP contribution in [0.1, 0.15) is 118 Å². The monoisotopic (exact) mass is 547 g/mol. The Morgan fingerprint density at radius 2 is 1.42 bits per heavy atom. The van der Waals surface area contributed by atoms with Crippen molar-refractivity contribution in [3.8, 4) is 0 Å². The summed E-state index contributed by atoms with van der Waals surface area (Å²) in [6, 6.07) is 0. The maximum Gasteiger partial charge on any atom is 0.307 e. The second-order valence-corrected chi connectivity index (χ2v) is 13.7. The first-order chi connectivity index (χ1) is 17.2. The molecule has 1 rings (SSSR count). The van der Waals surface area contributed by atoms with Crippen LogP contribution in [-0.4, -0.2) is 55.0 Å². The minimum atomic E-state index is -0.793. The predicted octanol–water partition coefficient (Wildman–Crippen LogP) is 7.30. The van der Waals surface area contributed by atoms with Crippen LogP contribution in [0.5, 0.6) is 0 Å². The zero-order valence-electron chi connectivity index (χ0n) is 23.7. The van der Waals surface area contributed by atoms with E-state index in [4.69, 9.17) is 14.2 Å². The number of carbonyl (C=O) groups excluding carboxylic acids is 2. The molecule has 0 unspecified atom stereocenters. The number of esters is 1. The van der Waals surface area contributed by atoms with E-state index in [0.717, 1.165) is 11.5 Å². The molecule has 0 aromatic heterocycles. The molecule has 0 radical (unpaired) electrons. The summed E-state index contributed by atoms with van der Waals surface area (Å²) in [5, 5.41) is 2.81. The van der Waals surface area contributed by atoms with Gasteiger partial charge < -0.3 is 19.5 Å². The second kappa shape index (κ2) is 19.6. The van der Waals surface area contributed by atoms with Crippen LogP contribution in [0.2, 0.25) is 0 Å². The Morgan fingerprint density at radius 1 is 0.861 bits per heavy atom. The number of unbranched alkanes of at least 4 members (excludes halogenated alkanes) is 11. The highest BCUT2D eigenvalue weighted by atomic mass is 33.1. The highest BCUT2D eigenvalue weighted by Crippen LogP contribution is 2.34. The normalized spacial score (nSPS) is 18.6. The molecular weight excluding hydrogens is 494 g/mol. The largest absolute Gasteiger partial charge is 0.465 e. The Bertz CT molecular complexity index is 600. The molecule has 1 saturated heterocycles. The van der Waals surface area contributed by atoms with Crippen molar-refractivity contribution in [3.05, 3.63) is 0 Å². The molecular formula is C28H53NO5S2. The van der Waals surface area contributed by atoms with Crippen molar-refractivity contribution in [3.63, 3.8) is 0 Å². The Kier molecular flexibility index (Phi) is 18.3. The van der Waals surface area contributed by atoms with E-state index >= 15 is 0 Å². The summed E-state index contributed by atoms with van der Waals surface area (Å²) in [6.07, 6.45) is 16.1. The minimum Gasteiger partial charge on any atom is -0.465 e. The average Bonchev–Trinajstić information content (AvgIpc) is 2.82. The second-order valence-electron chi connectivity index (χ2n) is 11.0. The molecule has 0 aliphatic carbocycles. The van der Waals surface area contributed by atoms with Crippen LogP contribution in [0.3, 0.4) is 0 Å². The SMILES string of the molecule is CCCCCCCCCCCCCCSSCCOC(=O)CCNC(=O)[C@@H]1OC(C)(C)OCC1(C)C. The molecule has 0 spiro atoms. The van der Waals surface area contributed by atoms with Gasteiger partial charge in [0.15, 0.2) is 5.79 Å². The summed E-state index contributed by atoms with van der Waals surface area (Å²) >= 11 is 0. The van der Waals surface area contributed by atoms with Gasteiger partial charge in [0.2, 0.25) is 5.91 Å². The lowest BCUT2D eigenvalue weighted by atomic mass is 9.85. The van der Waals surface area contributed by atoms with Crippen LogP contribution < -0.4 is 5.32 Å². The smallest absolute Gasteiger partial charge is 0.307 e. The zero-order valence-corrected chi connectivity index (χ0v) is 25.3. The van der Waals surface area contributed by atoms with Crippen molar-refractivity contribution >= 4 is 33.5 Å². The van der Waals surface area contributed by atoms with E-state index in [0.29, 0.717) is 13.2 Å². The molecule has 1 N–H and O–H groups in total. The molecule has 6 nitrogen and oxygen atoms in total. The Labute approximate surface area is 228 Å². The number of amides is 1. The maximum absolute atomic E-state index is 12.6. The zero-order chi connectivity index (χ0) is 26.7. The summed E-state index contributed by atoms with van der Waals surface area (Å²) in [6.45, 7) is 10.8. The molecule has 1 aliphatic rings. The average molecular weight is 548 g/mol. The van der Waals surface area contributed by atoms with Crippen molar-refractivity contribution < 1.29 is 23.8 Å². The van der Waals surface area contributed by atoms with Gasteiger partial charge in [-0.15, -0.1) is 0 Å². The van der Waals surface area contributed by atoms with Crippen molar-refractivity contribution in [2.24, 2.45) is 5.41 Å². The molecule has 8 heteroatoms. The van der Waals surface area contributed by atoms with Crippen molar-refractivity contribution in [2.45, 2.75) is 130 Å². The quantitative estimate of drug-likeness (QED) is 0.0918. The van der Waals surface area contributed by atoms with Crippen LogP contribution >= 0.6 is 21.6 Å². The molecule has 0 saturated carbocycles. The lowest BCUT2D eigenvalue weighted by Gasteiger charge is -2.44. The van der Waals surface area contributed by atoms with E-state index in [9.17, 15) is 9.59 Å². The molecule has 36 heavy (non-hydrogen) atoms. The number of hydrogen-bond acceptors (Lipinski definition) is 7. The van der Waals surface area contributed by atoms with Gasteiger partial charge >= 0.3 is 5.97 Å². The third kappa shape index (κ3) is 16.4. The van der Waals surface area contributed by atoms with Gasteiger partial charge in [0.05, 0.1) is 13.0 Å². The predicted molar refractivity (Wildman–Crippen MR) is 153 cm³/mol. The molecule has 1 heterocycles. The highest BCUT2D eigenvalue weighted by molar-refractivity contribution is 8.76. The van der Waals surface area contributed by atoms with Crippen LogP contribution in [0, 0.1) is 5.41 Å². The molecule has 1 atom stereocenters. The summed E-state index contributed by atoms with van der Waals surface area (Å²) in [5.41, 5.74) is -0.428. The van der Waals surface area contributed by atoms with E-state index in [1.807, 2.05) is 24.6 Å².